The summed E-state index contributed by atoms with van der Waals surface area (Å²) in [6.07, 6.45) is 0. The molecule has 0 radical (unpaired) electrons. The van der Waals surface area contributed by atoms with Gasteiger partial charge in [-0.1, -0.05) is 29.8 Å². The highest BCUT2D eigenvalue weighted by molar-refractivity contribution is 8.02. The van der Waals surface area contributed by atoms with Crippen LogP contribution in [0.25, 0.3) is 0 Å². The number of carbonyl (C=O) groups is 1. The Balaban J connectivity index is 1.97. The number of rotatable bonds is 5. The Bertz CT molecular complexity index is 928. The standard InChI is InChI=1S/C20H17ClN2O2S2/c1-12-17(20(24)25-2)18(16-4-3-9-26-16)15(10-22)19(23-12)27-11-13-5-7-14(21)8-6-13/h3-9,17-18H,11H2,1-2H3/t17?,18-/m0/s1. The number of esters is 1. The molecular weight excluding hydrogens is 400 g/mol. The number of halogens is 1. The SMILES string of the molecule is COC(=O)C1C(C)=NC(SCc2ccc(Cl)cc2)=C(C#N)[C@H]1c1cccs1. The fraction of sp³-hybridized carbons (Fsp3) is 0.250. The van der Waals surface area contributed by atoms with Crippen molar-refractivity contribution in [3.05, 3.63) is 67.8 Å². The van der Waals surface area contributed by atoms with Crippen LogP contribution >= 0.6 is 34.7 Å². The summed E-state index contributed by atoms with van der Waals surface area (Å²) in [4.78, 5) is 18.0. The molecule has 0 saturated heterocycles. The van der Waals surface area contributed by atoms with Gasteiger partial charge in [0, 0.05) is 27.3 Å². The monoisotopic (exact) mass is 416 g/mol. The molecule has 4 nitrogen and oxygen atoms in total. The molecule has 0 fully saturated rings. The molecule has 1 aliphatic heterocycles. The van der Waals surface area contributed by atoms with Crippen LogP contribution in [0.4, 0.5) is 0 Å². The Kier molecular flexibility index (Phi) is 6.38. The lowest BCUT2D eigenvalue weighted by Gasteiger charge is -2.28. The first kappa shape index (κ1) is 19.7. The molecule has 0 amide bonds. The lowest BCUT2D eigenvalue weighted by molar-refractivity contribution is -0.143. The van der Waals surface area contributed by atoms with E-state index in [4.69, 9.17) is 16.3 Å². The number of aliphatic imine (C=N–C) groups is 1. The number of ether oxygens (including phenoxy) is 1. The largest absolute Gasteiger partial charge is 0.468 e. The Morgan fingerprint density at radius 1 is 1.37 bits per heavy atom. The van der Waals surface area contributed by atoms with Crippen LogP contribution in [0, 0.1) is 17.2 Å². The molecule has 0 saturated carbocycles. The van der Waals surface area contributed by atoms with Gasteiger partial charge in [0.2, 0.25) is 0 Å². The van der Waals surface area contributed by atoms with Crippen LogP contribution in [0.2, 0.25) is 5.02 Å². The molecule has 2 atom stereocenters. The molecule has 2 aromatic rings. The Morgan fingerprint density at radius 3 is 2.70 bits per heavy atom. The second kappa shape index (κ2) is 8.75. The molecular formula is C20H17ClN2O2S2. The van der Waals surface area contributed by atoms with Crippen LogP contribution in [0.1, 0.15) is 23.3 Å². The van der Waals surface area contributed by atoms with Gasteiger partial charge in [0.05, 0.1) is 18.8 Å². The number of thiophene rings is 1. The predicted molar refractivity (Wildman–Crippen MR) is 111 cm³/mol. The van der Waals surface area contributed by atoms with Crippen molar-refractivity contribution in [2.45, 2.75) is 18.6 Å². The third-order valence-corrected chi connectivity index (χ3v) is 6.59. The van der Waals surface area contributed by atoms with E-state index in [0.717, 1.165) is 10.4 Å². The zero-order chi connectivity index (χ0) is 19.4. The number of methoxy groups -OCH3 is 1. The third-order valence-electron chi connectivity index (χ3n) is 4.32. The van der Waals surface area contributed by atoms with E-state index >= 15 is 0 Å². The lowest BCUT2D eigenvalue weighted by Crippen LogP contribution is -2.33. The van der Waals surface area contributed by atoms with Gasteiger partial charge in [-0.15, -0.1) is 23.1 Å². The first-order valence-electron chi connectivity index (χ1n) is 8.23. The molecule has 3 rings (SSSR count). The minimum Gasteiger partial charge on any atom is -0.468 e. The fourth-order valence-electron chi connectivity index (χ4n) is 3.00. The van der Waals surface area contributed by atoms with Crippen molar-refractivity contribution in [3.8, 4) is 6.07 Å². The van der Waals surface area contributed by atoms with Gasteiger partial charge >= 0.3 is 5.97 Å². The molecule has 27 heavy (non-hydrogen) atoms. The predicted octanol–water partition coefficient (Wildman–Crippen LogP) is 5.42. The first-order chi connectivity index (χ1) is 13.0. The van der Waals surface area contributed by atoms with E-state index in [1.807, 2.05) is 48.7 Å². The normalized spacial score (nSPS) is 19.4. The molecule has 0 spiro atoms. The number of carbonyl (C=O) groups excluding carboxylic acids is 1. The van der Waals surface area contributed by atoms with Gasteiger partial charge in [0.25, 0.3) is 0 Å². The summed E-state index contributed by atoms with van der Waals surface area (Å²) < 4.78 is 4.99. The highest BCUT2D eigenvalue weighted by Crippen LogP contribution is 2.44. The maximum atomic E-state index is 12.4. The molecule has 0 bridgehead atoms. The Hall–Kier alpha value is -2.07. The zero-order valence-corrected chi connectivity index (χ0v) is 17.2. The van der Waals surface area contributed by atoms with Crippen molar-refractivity contribution in [1.82, 2.24) is 0 Å². The van der Waals surface area contributed by atoms with Crippen molar-refractivity contribution in [3.63, 3.8) is 0 Å². The molecule has 0 N–H and O–H groups in total. The summed E-state index contributed by atoms with van der Waals surface area (Å²) in [5.74, 6) is -0.658. The molecule has 1 aromatic carbocycles. The number of allylic oxidation sites excluding steroid dienone is 1. The topological polar surface area (TPSA) is 62.4 Å². The highest BCUT2D eigenvalue weighted by atomic mass is 35.5. The van der Waals surface area contributed by atoms with Crippen molar-refractivity contribution in [2.75, 3.05) is 7.11 Å². The number of hydrogen-bond acceptors (Lipinski definition) is 6. The van der Waals surface area contributed by atoms with E-state index in [1.165, 1.54) is 30.2 Å². The van der Waals surface area contributed by atoms with Gasteiger partial charge in [0.1, 0.15) is 10.9 Å². The molecule has 7 heteroatoms. The number of benzene rings is 1. The van der Waals surface area contributed by atoms with E-state index in [9.17, 15) is 10.1 Å². The van der Waals surface area contributed by atoms with E-state index < -0.39 is 5.92 Å². The van der Waals surface area contributed by atoms with Crippen LogP contribution in [-0.4, -0.2) is 18.8 Å². The molecule has 1 aliphatic rings. The molecule has 0 aliphatic carbocycles. The maximum Gasteiger partial charge on any atom is 0.315 e. The number of nitriles is 1. The van der Waals surface area contributed by atoms with Crippen LogP contribution < -0.4 is 0 Å². The second-order valence-electron chi connectivity index (χ2n) is 5.99. The molecule has 138 valence electrons. The van der Waals surface area contributed by atoms with Crippen molar-refractivity contribution < 1.29 is 9.53 Å². The van der Waals surface area contributed by atoms with E-state index in [-0.39, 0.29) is 11.9 Å². The average Bonchev–Trinajstić information content (AvgIpc) is 3.20. The fourth-order valence-corrected chi connectivity index (χ4v) is 5.03. The molecule has 1 unspecified atom stereocenters. The number of nitrogens with zero attached hydrogens (tertiary/aromatic N) is 2. The summed E-state index contributed by atoms with van der Waals surface area (Å²) in [6, 6.07) is 13.8. The van der Waals surface area contributed by atoms with Crippen molar-refractivity contribution in [1.29, 1.82) is 5.26 Å². The maximum absolute atomic E-state index is 12.4. The second-order valence-corrected chi connectivity index (χ2v) is 8.37. The van der Waals surface area contributed by atoms with Gasteiger partial charge in [0.15, 0.2) is 0 Å². The van der Waals surface area contributed by atoms with Crippen LogP contribution in [-0.2, 0) is 15.3 Å². The zero-order valence-electron chi connectivity index (χ0n) is 14.8. The van der Waals surface area contributed by atoms with Gasteiger partial charge in [-0.2, -0.15) is 5.26 Å². The molecule has 2 heterocycles. The first-order valence-corrected chi connectivity index (χ1v) is 10.5. The van der Waals surface area contributed by atoms with Crippen LogP contribution in [0.5, 0.6) is 0 Å². The van der Waals surface area contributed by atoms with Crippen molar-refractivity contribution >= 4 is 46.4 Å². The van der Waals surface area contributed by atoms with Crippen molar-refractivity contribution in [2.24, 2.45) is 10.9 Å². The van der Waals surface area contributed by atoms with Gasteiger partial charge in [-0.25, -0.2) is 4.99 Å². The van der Waals surface area contributed by atoms with E-state index in [0.29, 0.717) is 27.1 Å². The quantitative estimate of drug-likeness (QED) is 0.610. The van der Waals surface area contributed by atoms with E-state index in [1.54, 1.807) is 0 Å². The number of hydrogen-bond donors (Lipinski definition) is 0. The summed E-state index contributed by atoms with van der Waals surface area (Å²) >= 11 is 8.96. The average molecular weight is 417 g/mol. The smallest absolute Gasteiger partial charge is 0.315 e. The van der Waals surface area contributed by atoms with Gasteiger partial charge in [-0.3, -0.25) is 4.79 Å². The minimum atomic E-state index is -0.580. The van der Waals surface area contributed by atoms with Crippen LogP contribution in [0.15, 0.2) is 57.4 Å². The van der Waals surface area contributed by atoms with Gasteiger partial charge in [-0.05, 0) is 36.1 Å². The van der Waals surface area contributed by atoms with E-state index in [2.05, 4.69) is 11.1 Å². The third kappa shape index (κ3) is 4.27. The highest BCUT2D eigenvalue weighted by Gasteiger charge is 2.40. The molecule has 1 aromatic heterocycles. The Morgan fingerprint density at radius 2 is 2.11 bits per heavy atom. The summed E-state index contributed by atoms with van der Waals surface area (Å²) in [6.45, 7) is 1.82. The van der Waals surface area contributed by atoms with Crippen LogP contribution in [0.3, 0.4) is 0 Å². The summed E-state index contributed by atoms with van der Waals surface area (Å²) in [7, 11) is 1.36. The summed E-state index contributed by atoms with van der Waals surface area (Å²) in [5.41, 5.74) is 2.26. The minimum absolute atomic E-state index is 0.368. The summed E-state index contributed by atoms with van der Waals surface area (Å²) in [5, 5.41) is 13.2. The number of thioether (sulfide) groups is 1. The Labute approximate surface area is 171 Å². The van der Waals surface area contributed by atoms with Gasteiger partial charge < -0.3 is 4.74 Å². The lowest BCUT2D eigenvalue weighted by atomic mass is 9.81.